The Morgan fingerprint density at radius 2 is 2.35 bits per heavy atom. The van der Waals surface area contributed by atoms with Crippen molar-refractivity contribution in [1.82, 2.24) is 15.2 Å². The number of nitrogens with zero attached hydrogens (tertiary/aromatic N) is 4. The summed E-state index contributed by atoms with van der Waals surface area (Å²) in [7, 11) is 1.92. The molecule has 4 rings (SSSR count). The van der Waals surface area contributed by atoms with E-state index in [0.29, 0.717) is 31.7 Å². The van der Waals surface area contributed by atoms with E-state index in [4.69, 9.17) is 9.73 Å². The summed E-state index contributed by atoms with van der Waals surface area (Å²) in [5.74, 6) is 1.32. The normalized spacial score (nSPS) is 31.2. The minimum Gasteiger partial charge on any atom is -0.493 e. The van der Waals surface area contributed by atoms with Crippen molar-refractivity contribution in [3.63, 3.8) is 0 Å². The number of amidine groups is 1. The van der Waals surface area contributed by atoms with Gasteiger partial charge in [0, 0.05) is 44.4 Å². The van der Waals surface area contributed by atoms with E-state index in [1.165, 1.54) is 0 Å². The lowest BCUT2D eigenvalue weighted by atomic mass is 10.0. The molecule has 0 fully saturated rings. The highest BCUT2D eigenvalue weighted by Gasteiger charge is 2.41. The van der Waals surface area contributed by atoms with Crippen LogP contribution in [-0.4, -0.2) is 66.4 Å². The van der Waals surface area contributed by atoms with Crippen molar-refractivity contribution < 1.29 is 13.9 Å². The predicted molar refractivity (Wildman–Crippen MR) is 96.1 cm³/mol. The number of allylic oxidation sites excluding steroid dienone is 2. The van der Waals surface area contributed by atoms with Crippen LogP contribution in [0.1, 0.15) is 19.3 Å². The molecule has 0 radical (unpaired) electrons. The van der Waals surface area contributed by atoms with Gasteiger partial charge in [0.15, 0.2) is 5.66 Å². The summed E-state index contributed by atoms with van der Waals surface area (Å²) in [4.78, 5) is 19.0. The molecule has 3 heterocycles. The molecule has 2 atom stereocenters. The van der Waals surface area contributed by atoms with Crippen LogP contribution in [0, 0.1) is 0 Å². The Kier molecular flexibility index (Phi) is 4.26. The van der Waals surface area contributed by atoms with Crippen LogP contribution in [0.25, 0.3) is 0 Å². The molecule has 0 aromatic heterocycles. The fourth-order valence-electron chi connectivity index (χ4n) is 3.46. The van der Waals surface area contributed by atoms with Crippen molar-refractivity contribution >= 4 is 18.0 Å². The van der Waals surface area contributed by atoms with Crippen LogP contribution >= 0.6 is 0 Å². The first-order valence-electron chi connectivity index (χ1n) is 8.81. The van der Waals surface area contributed by atoms with Gasteiger partial charge in [-0.05, 0) is 18.2 Å². The Balaban J connectivity index is 1.66. The molecule has 4 aliphatic rings. The van der Waals surface area contributed by atoms with E-state index in [-0.39, 0.29) is 18.9 Å². The number of aliphatic imine (C=N–C) groups is 1. The van der Waals surface area contributed by atoms with Crippen LogP contribution in [0.2, 0.25) is 0 Å². The number of amides is 1. The molecule has 7 nitrogen and oxygen atoms in total. The molecule has 8 heteroatoms. The Morgan fingerprint density at radius 1 is 1.46 bits per heavy atom. The molecule has 0 aromatic rings. The smallest absolute Gasteiger partial charge is 0.223 e. The third-order valence-electron chi connectivity index (χ3n) is 4.92. The fraction of sp³-hybridized carbons (Fsp3) is 0.500. The molecule has 0 saturated heterocycles. The Bertz CT molecular complexity index is 757. The van der Waals surface area contributed by atoms with Gasteiger partial charge in [-0.15, -0.1) is 0 Å². The summed E-state index contributed by atoms with van der Waals surface area (Å²) < 4.78 is 19.6. The number of halogens is 1. The second-order valence-electron chi connectivity index (χ2n) is 6.86. The summed E-state index contributed by atoms with van der Waals surface area (Å²) in [6, 6.07) is 0. The molecule has 1 aliphatic carbocycles. The third kappa shape index (κ3) is 3.11. The van der Waals surface area contributed by atoms with Gasteiger partial charge >= 0.3 is 0 Å². The van der Waals surface area contributed by atoms with Gasteiger partial charge in [-0.1, -0.05) is 0 Å². The van der Waals surface area contributed by atoms with Crippen LogP contribution in [0.3, 0.4) is 0 Å². The SMILES string of the molecule is CN1CC2=CC(F)CC=C2OCCC(=O)NCC23CC=NN2C=CC1=N3. The number of carbonyl (C=O) groups is 1. The molecule has 1 spiro atoms. The molecular weight excluding hydrogens is 337 g/mol. The van der Waals surface area contributed by atoms with E-state index in [0.717, 1.165) is 11.4 Å². The van der Waals surface area contributed by atoms with Gasteiger partial charge in [-0.25, -0.2) is 14.4 Å². The number of hydrazone groups is 1. The van der Waals surface area contributed by atoms with E-state index in [2.05, 4.69) is 10.4 Å². The van der Waals surface area contributed by atoms with Crippen molar-refractivity contribution in [2.75, 3.05) is 26.7 Å². The molecule has 2 bridgehead atoms. The second-order valence-corrected chi connectivity index (χ2v) is 6.86. The van der Waals surface area contributed by atoms with E-state index >= 15 is 0 Å². The second kappa shape index (κ2) is 6.59. The van der Waals surface area contributed by atoms with E-state index in [1.54, 1.807) is 17.2 Å². The summed E-state index contributed by atoms with van der Waals surface area (Å²) in [6.07, 6.45) is 9.05. The zero-order valence-corrected chi connectivity index (χ0v) is 14.7. The maximum absolute atomic E-state index is 13.9. The van der Waals surface area contributed by atoms with E-state index < -0.39 is 11.8 Å². The number of fused-ring (bicyclic) bond motifs is 1. The average molecular weight is 359 g/mol. The van der Waals surface area contributed by atoms with Gasteiger partial charge in [0.2, 0.25) is 5.91 Å². The zero-order chi connectivity index (χ0) is 18.1. The van der Waals surface area contributed by atoms with Crippen LogP contribution in [-0.2, 0) is 9.53 Å². The lowest BCUT2D eigenvalue weighted by molar-refractivity contribution is -0.122. The summed E-state index contributed by atoms with van der Waals surface area (Å²) in [5.41, 5.74) is 0.145. The standard InChI is InChI=1S/C18H22FN5O2/c1-23-11-13-10-14(19)2-3-15(13)26-9-5-17(25)20-12-18-6-7-21-24(18)8-4-16(23)22-18/h3-4,7-8,10,14H,2,5-6,9,11-12H2,1H3,(H,20,25). The van der Waals surface area contributed by atoms with Gasteiger partial charge in [0.1, 0.15) is 17.8 Å². The number of rotatable bonds is 0. The third-order valence-corrected chi connectivity index (χ3v) is 4.92. The Morgan fingerprint density at radius 3 is 3.23 bits per heavy atom. The highest BCUT2D eigenvalue weighted by atomic mass is 19.1. The molecular formula is C18H22FN5O2. The highest BCUT2D eigenvalue weighted by Crippen LogP contribution is 2.30. The Hall–Kier alpha value is -2.64. The minimum atomic E-state index is -1.02. The molecule has 3 aliphatic heterocycles. The lowest BCUT2D eigenvalue weighted by Gasteiger charge is -2.37. The van der Waals surface area contributed by atoms with E-state index in [1.807, 2.05) is 30.4 Å². The van der Waals surface area contributed by atoms with Crippen molar-refractivity contribution in [3.05, 3.63) is 35.8 Å². The van der Waals surface area contributed by atoms with Gasteiger partial charge in [0.05, 0.1) is 19.6 Å². The average Bonchev–Trinajstić information content (AvgIpc) is 3.04. The number of ether oxygens (including phenoxy) is 1. The highest BCUT2D eigenvalue weighted by molar-refractivity contribution is 5.94. The van der Waals surface area contributed by atoms with Crippen LogP contribution in [0.5, 0.6) is 0 Å². The molecule has 26 heavy (non-hydrogen) atoms. The molecule has 0 saturated carbocycles. The Labute approximate surface area is 151 Å². The number of hydrogen-bond donors (Lipinski definition) is 1. The molecule has 2 unspecified atom stereocenters. The van der Waals surface area contributed by atoms with Crippen LogP contribution in [0.4, 0.5) is 4.39 Å². The number of carbonyl (C=O) groups excluding carboxylic acids is 1. The van der Waals surface area contributed by atoms with Crippen LogP contribution in [0.15, 0.2) is 45.9 Å². The first-order chi connectivity index (χ1) is 12.6. The monoisotopic (exact) mass is 359 g/mol. The van der Waals surface area contributed by atoms with Gasteiger partial charge in [0.25, 0.3) is 0 Å². The maximum atomic E-state index is 13.9. The van der Waals surface area contributed by atoms with Crippen molar-refractivity contribution in [2.24, 2.45) is 10.1 Å². The maximum Gasteiger partial charge on any atom is 0.223 e. The fourth-order valence-corrected chi connectivity index (χ4v) is 3.46. The van der Waals surface area contributed by atoms with Crippen LogP contribution < -0.4 is 5.32 Å². The molecule has 0 aromatic carbocycles. The van der Waals surface area contributed by atoms with Gasteiger partial charge in [-0.3, -0.25) is 4.79 Å². The molecule has 1 N–H and O–H groups in total. The van der Waals surface area contributed by atoms with Crippen molar-refractivity contribution in [1.29, 1.82) is 0 Å². The number of alkyl halides is 1. The largest absolute Gasteiger partial charge is 0.493 e. The topological polar surface area (TPSA) is 69.5 Å². The number of hydrogen-bond acceptors (Lipinski definition) is 6. The lowest BCUT2D eigenvalue weighted by Crippen LogP contribution is -2.51. The van der Waals surface area contributed by atoms with Gasteiger partial charge in [-0.2, -0.15) is 5.10 Å². The summed E-state index contributed by atoms with van der Waals surface area (Å²) in [5, 5.41) is 9.05. The molecule has 138 valence electrons. The first kappa shape index (κ1) is 16.8. The van der Waals surface area contributed by atoms with E-state index in [9.17, 15) is 9.18 Å². The van der Waals surface area contributed by atoms with Gasteiger partial charge < -0.3 is 15.0 Å². The minimum absolute atomic E-state index is 0.101. The first-order valence-corrected chi connectivity index (χ1v) is 8.81. The van der Waals surface area contributed by atoms with Crippen molar-refractivity contribution in [3.8, 4) is 0 Å². The number of likely N-dealkylation sites (N-methyl/N-ethyl adjacent to an activating group) is 1. The predicted octanol–water partition coefficient (Wildman–Crippen LogP) is 1.32. The quantitative estimate of drug-likeness (QED) is 0.708. The summed E-state index contributed by atoms with van der Waals surface area (Å²) >= 11 is 0. The zero-order valence-electron chi connectivity index (χ0n) is 14.7. The summed E-state index contributed by atoms with van der Waals surface area (Å²) in [6.45, 7) is 1.11. The van der Waals surface area contributed by atoms with Crippen molar-refractivity contribution in [2.45, 2.75) is 31.1 Å². The number of nitrogens with one attached hydrogen (secondary N) is 1. The molecule has 1 amide bonds.